The molecule has 1 aliphatic heterocycles. The lowest BCUT2D eigenvalue weighted by atomic mass is 9.95. The highest BCUT2D eigenvalue weighted by molar-refractivity contribution is 9.10. The Bertz CT molecular complexity index is 375. The minimum absolute atomic E-state index is 0.00300. The average molecular weight is 285 g/mol. The van der Waals surface area contributed by atoms with Gasteiger partial charge in [0.05, 0.1) is 16.6 Å². The van der Waals surface area contributed by atoms with E-state index in [0.29, 0.717) is 0 Å². The molecule has 1 saturated heterocycles. The van der Waals surface area contributed by atoms with Crippen molar-refractivity contribution >= 4 is 21.7 Å². The van der Waals surface area contributed by atoms with E-state index in [1.54, 1.807) is 0 Å². The number of hydrogen-bond donors (Lipinski definition) is 1. The van der Waals surface area contributed by atoms with Crippen LogP contribution in [-0.2, 0) is 4.74 Å². The number of anilines is 1. The van der Waals surface area contributed by atoms with Crippen LogP contribution in [0.1, 0.15) is 25.3 Å². The molecule has 1 fully saturated rings. The number of aromatic nitrogens is 1. The minimum Gasteiger partial charge on any atom is -0.379 e. The van der Waals surface area contributed by atoms with Gasteiger partial charge in [0.1, 0.15) is 5.82 Å². The van der Waals surface area contributed by atoms with Crippen LogP contribution in [0.15, 0.2) is 16.7 Å². The highest BCUT2D eigenvalue weighted by atomic mass is 79.9. The summed E-state index contributed by atoms with van der Waals surface area (Å²) in [5.74, 6) is 0.901. The summed E-state index contributed by atoms with van der Waals surface area (Å²) in [5, 5.41) is 3.47. The summed E-state index contributed by atoms with van der Waals surface area (Å²) in [6.07, 6.45) is 4.10. The summed E-state index contributed by atoms with van der Waals surface area (Å²) in [6.45, 7) is 5.84. The van der Waals surface area contributed by atoms with Gasteiger partial charge in [0.15, 0.2) is 0 Å². The fourth-order valence-corrected chi connectivity index (χ4v) is 2.51. The van der Waals surface area contributed by atoms with Gasteiger partial charge < -0.3 is 10.1 Å². The number of halogens is 1. The quantitative estimate of drug-likeness (QED) is 0.906. The van der Waals surface area contributed by atoms with E-state index in [1.807, 2.05) is 13.1 Å². The van der Waals surface area contributed by atoms with Crippen LogP contribution in [0.3, 0.4) is 0 Å². The van der Waals surface area contributed by atoms with Crippen molar-refractivity contribution in [3.63, 3.8) is 0 Å². The lowest BCUT2D eigenvalue weighted by Gasteiger charge is -2.35. The second-order valence-corrected chi connectivity index (χ2v) is 5.54. The van der Waals surface area contributed by atoms with Gasteiger partial charge in [0.25, 0.3) is 0 Å². The van der Waals surface area contributed by atoms with Crippen molar-refractivity contribution in [2.24, 2.45) is 0 Å². The molecule has 88 valence electrons. The lowest BCUT2D eigenvalue weighted by Crippen LogP contribution is -2.43. The van der Waals surface area contributed by atoms with Gasteiger partial charge in [-0.3, -0.25) is 0 Å². The maximum atomic E-state index is 5.52. The third kappa shape index (κ3) is 2.74. The molecule has 2 rings (SSSR count). The van der Waals surface area contributed by atoms with Crippen LogP contribution in [0.25, 0.3) is 0 Å². The van der Waals surface area contributed by atoms with E-state index in [0.717, 1.165) is 41.9 Å². The van der Waals surface area contributed by atoms with Crippen LogP contribution in [0.2, 0.25) is 0 Å². The molecule has 1 aromatic heterocycles. The molecule has 0 aromatic carbocycles. The number of hydrogen-bond acceptors (Lipinski definition) is 3. The van der Waals surface area contributed by atoms with Gasteiger partial charge >= 0.3 is 0 Å². The zero-order valence-corrected chi connectivity index (χ0v) is 11.3. The van der Waals surface area contributed by atoms with Gasteiger partial charge in [0, 0.05) is 12.8 Å². The summed E-state index contributed by atoms with van der Waals surface area (Å²) in [5.41, 5.74) is 1.16. The van der Waals surface area contributed by atoms with E-state index in [4.69, 9.17) is 4.74 Å². The van der Waals surface area contributed by atoms with Crippen LogP contribution >= 0.6 is 15.9 Å². The Hall–Kier alpha value is -0.610. The van der Waals surface area contributed by atoms with Crippen molar-refractivity contribution in [3.05, 3.63) is 22.3 Å². The fourth-order valence-electron chi connectivity index (χ4n) is 1.94. The van der Waals surface area contributed by atoms with E-state index in [-0.39, 0.29) is 5.54 Å². The van der Waals surface area contributed by atoms with E-state index in [9.17, 15) is 0 Å². The third-order valence-corrected chi connectivity index (χ3v) is 3.44. The Morgan fingerprint density at radius 2 is 2.38 bits per heavy atom. The summed E-state index contributed by atoms with van der Waals surface area (Å²) >= 11 is 3.53. The number of aryl methyl sites for hydroxylation is 1. The van der Waals surface area contributed by atoms with Crippen molar-refractivity contribution in [1.29, 1.82) is 0 Å². The smallest absolute Gasteiger partial charge is 0.140 e. The molecule has 0 bridgehead atoms. The molecule has 0 spiro atoms. The molecule has 1 atom stereocenters. The zero-order valence-electron chi connectivity index (χ0n) is 9.72. The Kier molecular flexibility index (Phi) is 3.50. The van der Waals surface area contributed by atoms with E-state index >= 15 is 0 Å². The first kappa shape index (κ1) is 11.9. The van der Waals surface area contributed by atoms with Crippen molar-refractivity contribution < 1.29 is 4.74 Å². The number of nitrogens with zero attached hydrogens (tertiary/aromatic N) is 1. The molecular formula is C12H17BrN2O. The van der Waals surface area contributed by atoms with Crippen molar-refractivity contribution in [2.75, 3.05) is 18.5 Å². The monoisotopic (exact) mass is 284 g/mol. The van der Waals surface area contributed by atoms with Gasteiger partial charge in [-0.15, -0.1) is 0 Å². The molecule has 1 aliphatic rings. The Labute approximate surface area is 105 Å². The van der Waals surface area contributed by atoms with Crippen LogP contribution in [0.4, 0.5) is 5.82 Å². The first-order valence-corrected chi connectivity index (χ1v) is 6.36. The lowest BCUT2D eigenvalue weighted by molar-refractivity contribution is 0.0538. The molecule has 0 amide bonds. The Morgan fingerprint density at radius 3 is 3.00 bits per heavy atom. The van der Waals surface area contributed by atoms with Crippen LogP contribution in [0.5, 0.6) is 0 Å². The molecular weight excluding hydrogens is 268 g/mol. The SMILES string of the molecule is Cc1cnc(NC2(C)CCCOC2)c(Br)c1. The van der Waals surface area contributed by atoms with Gasteiger partial charge in [0.2, 0.25) is 0 Å². The first-order valence-electron chi connectivity index (χ1n) is 5.57. The van der Waals surface area contributed by atoms with Gasteiger partial charge in [-0.05, 0) is 54.2 Å². The standard InChI is InChI=1S/C12H17BrN2O/c1-9-6-10(13)11(14-7-9)15-12(2)4-3-5-16-8-12/h6-7H,3-5,8H2,1-2H3,(H,14,15). The number of ether oxygens (including phenoxy) is 1. The first-order chi connectivity index (χ1) is 7.59. The van der Waals surface area contributed by atoms with Crippen LogP contribution < -0.4 is 5.32 Å². The van der Waals surface area contributed by atoms with Crippen LogP contribution in [0, 0.1) is 6.92 Å². The number of nitrogens with one attached hydrogen (secondary N) is 1. The molecule has 1 N–H and O–H groups in total. The van der Waals surface area contributed by atoms with Crippen molar-refractivity contribution in [1.82, 2.24) is 4.98 Å². The molecule has 0 aliphatic carbocycles. The van der Waals surface area contributed by atoms with Crippen molar-refractivity contribution in [2.45, 2.75) is 32.2 Å². The minimum atomic E-state index is 0.00300. The number of pyridine rings is 1. The molecule has 16 heavy (non-hydrogen) atoms. The molecule has 0 radical (unpaired) electrons. The predicted molar refractivity (Wildman–Crippen MR) is 68.8 cm³/mol. The second-order valence-electron chi connectivity index (χ2n) is 4.68. The van der Waals surface area contributed by atoms with Crippen LogP contribution in [-0.4, -0.2) is 23.7 Å². The predicted octanol–water partition coefficient (Wildman–Crippen LogP) is 3.13. The summed E-state index contributed by atoms with van der Waals surface area (Å²) in [4.78, 5) is 4.40. The normalized spacial score (nSPS) is 25.4. The molecule has 0 saturated carbocycles. The topological polar surface area (TPSA) is 34.2 Å². The van der Waals surface area contributed by atoms with Gasteiger partial charge in [-0.25, -0.2) is 4.98 Å². The van der Waals surface area contributed by atoms with Crippen molar-refractivity contribution in [3.8, 4) is 0 Å². The molecule has 1 unspecified atom stereocenters. The summed E-state index contributed by atoms with van der Waals surface area (Å²) < 4.78 is 6.53. The van der Waals surface area contributed by atoms with E-state index in [2.05, 4.69) is 39.2 Å². The third-order valence-electron chi connectivity index (χ3n) is 2.84. The summed E-state index contributed by atoms with van der Waals surface area (Å²) in [6, 6.07) is 2.07. The average Bonchev–Trinajstić information content (AvgIpc) is 2.23. The number of rotatable bonds is 2. The van der Waals surface area contributed by atoms with E-state index in [1.165, 1.54) is 0 Å². The molecule has 3 nitrogen and oxygen atoms in total. The fraction of sp³-hybridized carbons (Fsp3) is 0.583. The Morgan fingerprint density at radius 1 is 1.56 bits per heavy atom. The highest BCUT2D eigenvalue weighted by Gasteiger charge is 2.28. The van der Waals surface area contributed by atoms with Gasteiger partial charge in [-0.2, -0.15) is 0 Å². The maximum absolute atomic E-state index is 5.52. The molecule has 1 aromatic rings. The largest absolute Gasteiger partial charge is 0.379 e. The molecule has 4 heteroatoms. The highest BCUT2D eigenvalue weighted by Crippen LogP contribution is 2.27. The van der Waals surface area contributed by atoms with Gasteiger partial charge in [-0.1, -0.05) is 0 Å². The zero-order chi connectivity index (χ0) is 11.6. The second kappa shape index (κ2) is 4.72. The van der Waals surface area contributed by atoms with E-state index < -0.39 is 0 Å². The summed E-state index contributed by atoms with van der Waals surface area (Å²) in [7, 11) is 0. The Balaban J connectivity index is 2.13. The maximum Gasteiger partial charge on any atom is 0.140 e. The molecule has 2 heterocycles.